The molecule has 0 spiro atoms. The van der Waals surface area contributed by atoms with Gasteiger partial charge in [0.2, 0.25) is 0 Å². The van der Waals surface area contributed by atoms with E-state index in [1.807, 2.05) is 0 Å². The molecule has 0 fully saturated rings. The molecule has 0 N–H and O–H groups in total. The molecule has 0 aliphatic heterocycles. The first-order chi connectivity index (χ1) is 0. The molecule has 0 aromatic heterocycles. The van der Waals surface area contributed by atoms with Crippen LogP contribution in [0.4, 0.5) is 18.8 Å². The van der Waals surface area contributed by atoms with Gasteiger partial charge in [-0.3, -0.25) is 18.8 Å². The molecule has 0 atom stereocenters. The second kappa shape index (κ2) is 895. The minimum absolute atomic E-state index is 0. The van der Waals surface area contributed by atoms with E-state index in [4.69, 9.17) is 0 Å². The van der Waals surface area contributed by atoms with Gasteiger partial charge in [-0.2, -0.15) is 0 Å². The molecule has 0 heterocycles. The standard InChI is InChI=1S/5FH.Li.H4Si/h5*1H;;1H4/q;;;;;+1;/p-1. The Morgan fingerprint density at radius 3 is 0.571 bits per heavy atom. The smallest absolute Gasteiger partial charge is 1.00 e. The molecule has 48 valence electrons. The molecule has 0 aromatic rings. The molecular formula is H8F5LiSi. The molecular weight excluding hydrogens is 130 g/mol. The van der Waals surface area contributed by atoms with Crippen LogP contribution in [0.15, 0.2) is 0 Å². The van der Waals surface area contributed by atoms with Crippen molar-refractivity contribution in [3.05, 3.63) is 0 Å². The largest absolute Gasteiger partial charge is 1.00 e. The van der Waals surface area contributed by atoms with Gasteiger partial charge in [-0.25, -0.2) is 0 Å². The number of halogens is 5. The molecule has 7 heavy (non-hydrogen) atoms. The first kappa shape index (κ1) is 1450. The second-order valence-corrected chi connectivity index (χ2v) is 0. The van der Waals surface area contributed by atoms with Crippen molar-refractivity contribution in [2.75, 3.05) is 0 Å². The summed E-state index contributed by atoms with van der Waals surface area (Å²) in [6.07, 6.45) is 0. The van der Waals surface area contributed by atoms with Crippen LogP contribution in [0.3, 0.4) is 0 Å². The SMILES string of the molecule is F.F.F.F.[F-].[Li+].[SiH4]. The third-order valence-corrected chi connectivity index (χ3v) is 0. The fourth-order valence-corrected chi connectivity index (χ4v) is 0. The molecule has 0 aliphatic rings. The molecule has 0 saturated carbocycles. The monoisotopic (exact) mass is 138 g/mol. The molecule has 0 nitrogen and oxygen atoms in total. The quantitative estimate of drug-likeness (QED) is 0.230. The average molecular weight is 138 g/mol. The molecule has 0 amide bonds. The minimum atomic E-state index is 0. The normalized spacial score (nSPS) is 0. The van der Waals surface area contributed by atoms with Gasteiger partial charge in [-0.1, -0.05) is 0 Å². The van der Waals surface area contributed by atoms with E-state index >= 15 is 0 Å². The van der Waals surface area contributed by atoms with Crippen LogP contribution in [-0.4, -0.2) is 11.0 Å². The van der Waals surface area contributed by atoms with Gasteiger partial charge in [0.05, 0.1) is 0 Å². The van der Waals surface area contributed by atoms with Crippen molar-refractivity contribution in [1.29, 1.82) is 0 Å². The Balaban J connectivity index is 0. The Morgan fingerprint density at radius 2 is 0.571 bits per heavy atom. The van der Waals surface area contributed by atoms with Gasteiger partial charge >= 0.3 is 18.9 Å². The third-order valence-electron chi connectivity index (χ3n) is 0. The topological polar surface area (TPSA) is 0 Å². The van der Waals surface area contributed by atoms with Gasteiger partial charge in [0.15, 0.2) is 0 Å². The van der Waals surface area contributed by atoms with Crippen molar-refractivity contribution in [3.8, 4) is 0 Å². The van der Waals surface area contributed by atoms with Gasteiger partial charge in [-0.05, 0) is 11.0 Å². The predicted octanol–water partition coefficient (Wildman–Crippen LogP) is -6.83. The van der Waals surface area contributed by atoms with Crippen molar-refractivity contribution in [1.82, 2.24) is 0 Å². The fraction of sp³-hybridized carbons (Fsp3) is 0. The third kappa shape index (κ3) is 598. The van der Waals surface area contributed by atoms with Gasteiger partial charge in [-0.15, -0.1) is 0 Å². The molecule has 0 rings (SSSR count). The maximum atomic E-state index is 0. The van der Waals surface area contributed by atoms with Gasteiger partial charge in [0.25, 0.3) is 0 Å². The van der Waals surface area contributed by atoms with Crippen LogP contribution in [0.5, 0.6) is 0 Å². The number of hydrogen-bond acceptors (Lipinski definition) is 0. The van der Waals surface area contributed by atoms with Crippen LogP contribution in [0.1, 0.15) is 0 Å². The van der Waals surface area contributed by atoms with Crippen molar-refractivity contribution >= 4 is 11.0 Å². The summed E-state index contributed by atoms with van der Waals surface area (Å²) in [4.78, 5) is 0. The van der Waals surface area contributed by atoms with Crippen molar-refractivity contribution in [2.24, 2.45) is 0 Å². The summed E-state index contributed by atoms with van der Waals surface area (Å²) in [5.74, 6) is 0. The van der Waals surface area contributed by atoms with E-state index in [1.54, 1.807) is 0 Å². The molecule has 0 aliphatic carbocycles. The van der Waals surface area contributed by atoms with Gasteiger partial charge < -0.3 is 4.70 Å². The van der Waals surface area contributed by atoms with E-state index in [9.17, 15) is 0 Å². The Kier molecular flexibility index (Phi) is 185000. The summed E-state index contributed by atoms with van der Waals surface area (Å²) in [5, 5.41) is 0. The van der Waals surface area contributed by atoms with Crippen molar-refractivity contribution in [2.45, 2.75) is 0 Å². The summed E-state index contributed by atoms with van der Waals surface area (Å²) in [6.45, 7) is 0. The zero-order valence-corrected chi connectivity index (χ0v) is 3.01. The van der Waals surface area contributed by atoms with Crippen LogP contribution in [-0.2, 0) is 0 Å². The minimum Gasteiger partial charge on any atom is -1.00 e. The Morgan fingerprint density at radius 1 is 0.571 bits per heavy atom. The Labute approximate surface area is 54.1 Å². The molecule has 0 bridgehead atoms. The van der Waals surface area contributed by atoms with Crippen LogP contribution >= 0.6 is 0 Å². The Bertz CT molecular complexity index is 8.04. The predicted molar refractivity (Wildman–Crippen MR) is 21.3 cm³/mol. The number of hydrogen-bond donors (Lipinski definition) is 0. The van der Waals surface area contributed by atoms with E-state index in [1.165, 1.54) is 0 Å². The maximum absolute atomic E-state index is 0. The second-order valence-electron chi connectivity index (χ2n) is 0. The van der Waals surface area contributed by atoms with E-state index in [-0.39, 0.29) is 53.3 Å². The first-order valence-electron chi connectivity index (χ1n) is 0. The molecule has 0 unspecified atom stereocenters. The molecule has 0 aromatic carbocycles. The molecule has 0 saturated heterocycles. The van der Waals surface area contributed by atoms with Crippen molar-refractivity contribution < 1.29 is 42.4 Å². The average Bonchev–Trinajstić information content (AvgIpc) is 0. The first-order valence-corrected chi connectivity index (χ1v) is 0. The van der Waals surface area contributed by atoms with Gasteiger partial charge in [0, 0.05) is 0 Å². The van der Waals surface area contributed by atoms with Gasteiger partial charge in [0.1, 0.15) is 0 Å². The van der Waals surface area contributed by atoms with E-state index in [0.29, 0.717) is 0 Å². The van der Waals surface area contributed by atoms with E-state index in [0.717, 1.165) is 0 Å². The summed E-state index contributed by atoms with van der Waals surface area (Å²) >= 11 is 0. The molecule has 7 heteroatoms. The zero-order chi connectivity index (χ0) is 0. The fourth-order valence-electron chi connectivity index (χ4n) is 0. The summed E-state index contributed by atoms with van der Waals surface area (Å²) < 4.78 is 0. The Hall–Kier alpha value is 0.464. The summed E-state index contributed by atoms with van der Waals surface area (Å²) in [7, 11) is 0. The summed E-state index contributed by atoms with van der Waals surface area (Å²) in [6, 6.07) is 0. The molecule has 0 radical (unpaired) electrons. The van der Waals surface area contributed by atoms with Crippen LogP contribution in [0.25, 0.3) is 0 Å². The maximum Gasteiger partial charge on any atom is 1.00 e. The van der Waals surface area contributed by atoms with Crippen LogP contribution in [0, 0.1) is 0 Å². The summed E-state index contributed by atoms with van der Waals surface area (Å²) in [5.41, 5.74) is 0. The number of rotatable bonds is 0. The van der Waals surface area contributed by atoms with Crippen molar-refractivity contribution in [3.63, 3.8) is 0 Å². The van der Waals surface area contributed by atoms with E-state index < -0.39 is 0 Å². The zero-order valence-electron chi connectivity index (χ0n) is 3.01. The van der Waals surface area contributed by atoms with Crippen LogP contribution < -0.4 is 23.6 Å². The van der Waals surface area contributed by atoms with Crippen LogP contribution in [0.2, 0.25) is 0 Å². The van der Waals surface area contributed by atoms with E-state index in [2.05, 4.69) is 0 Å².